The zero-order valence-electron chi connectivity index (χ0n) is 12.5. The third-order valence-corrected chi connectivity index (χ3v) is 5.48. The van der Waals surface area contributed by atoms with Crippen LogP contribution >= 0.6 is 0 Å². The molecule has 0 spiro atoms. The summed E-state index contributed by atoms with van der Waals surface area (Å²) in [7, 11) is -2.92. The van der Waals surface area contributed by atoms with E-state index in [1.165, 1.54) is 0 Å². The number of hydrogen-bond donors (Lipinski definition) is 1. The highest BCUT2D eigenvalue weighted by Crippen LogP contribution is 2.25. The summed E-state index contributed by atoms with van der Waals surface area (Å²) in [4.78, 5) is 4.50. The minimum atomic E-state index is -2.92. The molecule has 0 aliphatic rings. The number of sulfone groups is 1. The van der Waals surface area contributed by atoms with Crippen LogP contribution < -0.4 is 5.73 Å². The molecule has 1 aromatic carbocycles. The van der Waals surface area contributed by atoms with Gasteiger partial charge in [-0.3, -0.25) is 4.98 Å². The van der Waals surface area contributed by atoms with Gasteiger partial charge in [0.25, 0.3) is 0 Å². The largest absolute Gasteiger partial charge is 0.324 e. The van der Waals surface area contributed by atoms with Gasteiger partial charge in [-0.25, -0.2) is 8.42 Å². The standard InChI is InChI=1S/C16H22N2O2S/c1-3-21(19,20)10-6-8-15(17)14-11-12(2)18-16-9-5-4-7-13(14)16/h4-5,7,9,11,15H,3,6,8,10,17H2,1-2H3. The number of aromatic nitrogens is 1. The molecule has 0 radical (unpaired) electrons. The lowest BCUT2D eigenvalue weighted by Gasteiger charge is -2.15. The van der Waals surface area contributed by atoms with Crippen LogP contribution in [-0.4, -0.2) is 24.9 Å². The van der Waals surface area contributed by atoms with Crippen LogP contribution in [0.15, 0.2) is 30.3 Å². The summed E-state index contributed by atoms with van der Waals surface area (Å²) in [6.07, 6.45) is 1.25. The van der Waals surface area contributed by atoms with Crippen LogP contribution in [0.4, 0.5) is 0 Å². The maximum atomic E-state index is 11.5. The highest BCUT2D eigenvalue weighted by Gasteiger charge is 2.13. The van der Waals surface area contributed by atoms with E-state index < -0.39 is 9.84 Å². The highest BCUT2D eigenvalue weighted by molar-refractivity contribution is 7.91. The van der Waals surface area contributed by atoms with Crippen molar-refractivity contribution in [2.45, 2.75) is 32.7 Å². The van der Waals surface area contributed by atoms with Gasteiger partial charge in [-0.1, -0.05) is 25.1 Å². The summed E-state index contributed by atoms with van der Waals surface area (Å²) in [5.74, 6) is 0.402. The van der Waals surface area contributed by atoms with Crippen molar-refractivity contribution in [1.82, 2.24) is 4.98 Å². The van der Waals surface area contributed by atoms with Crippen LogP contribution in [0.2, 0.25) is 0 Å². The van der Waals surface area contributed by atoms with Crippen LogP contribution in [0, 0.1) is 6.92 Å². The number of rotatable bonds is 6. The Morgan fingerprint density at radius 3 is 2.71 bits per heavy atom. The van der Waals surface area contributed by atoms with E-state index in [1.807, 2.05) is 37.3 Å². The fourth-order valence-electron chi connectivity index (χ4n) is 2.47. The molecule has 1 heterocycles. The van der Waals surface area contributed by atoms with Crippen molar-refractivity contribution >= 4 is 20.7 Å². The molecule has 2 aromatic rings. The van der Waals surface area contributed by atoms with E-state index in [0.29, 0.717) is 12.8 Å². The van der Waals surface area contributed by atoms with Crippen molar-refractivity contribution in [1.29, 1.82) is 0 Å². The van der Waals surface area contributed by atoms with Gasteiger partial charge in [-0.2, -0.15) is 0 Å². The maximum Gasteiger partial charge on any atom is 0.150 e. The number of para-hydroxylation sites is 1. The Kier molecular flexibility index (Phi) is 4.96. The van der Waals surface area contributed by atoms with E-state index >= 15 is 0 Å². The van der Waals surface area contributed by atoms with Gasteiger partial charge in [-0.05, 0) is 37.5 Å². The Balaban J connectivity index is 2.18. The Bertz CT molecular complexity index is 726. The van der Waals surface area contributed by atoms with Crippen molar-refractivity contribution in [3.63, 3.8) is 0 Å². The number of nitrogens with two attached hydrogens (primary N) is 1. The molecule has 0 aliphatic carbocycles. The molecule has 4 nitrogen and oxygen atoms in total. The van der Waals surface area contributed by atoms with Gasteiger partial charge in [0.2, 0.25) is 0 Å². The zero-order valence-corrected chi connectivity index (χ0v) is 13.4. The molecule has 0 saturated heterocycles. The van der Waals surface area contributed by atoms with E-state index in [0.717, 1.165) is 22.2 Å². The Labute approximate surface area is 126 Å². The number of benzene rings is 1. The molecule has 1 atom stereocenters. The summed E-state index contributed by atoms with van der Waals surface area (Å²) < 4.78 is 23.1. The molecule has 5 heteroatoms. The van der Waals surface area contributed by atoms with E-state index in [9.17, 15) is 8.42 Å². The SMILES string of the molecule is CCS(=O)(=O)CCCC(N)c1cc(C)nc2ccccc12. The summed E-state index contributed by atoms with van der Waals surface area (Å²) in [5.41, 5.74) is 9.19. The second-order valence-corrected chi connectivity index (χ2v) is 7.83. The van der Waals surface area contributed by atoms with Gasteiger partial charge >= 0.3 is 0 Å². The van der Waals surface area contributed by atoms with Gasteiger partial charge in [0.05, 0.1) is 11.3 Å². The molecule has 0 aliphatic heterocycles. The lowest BCUT2D eigenvalue weighted by molar-refractivity contribution is 0.584. The minimum absolute atomic E-state index is 0.163. The van der Waals surface area contributed by atoms with E-state index in [-0.39, 0.29) is 17.5 Å². The zero-order chi connectivity index (χ0) is 15.5. The number of hydrogen-bond acceptors (Lipinski definition) is 4. The molecule has 2 N–H and O–H groups in total. The Morgan fingerprint density at radius 2 is 2.00 bits per heavy atom. The number of pyridine rings is 1. The smallest absolute Gasteiger partial charge is 0.150 e. The third-order valence-electron chi connectivity index (χ3n) is 3.69. The normalized spacial score (nSPS) is 13.5. The van der Waals surface area contributed by atoms with Crippen LogP contribution in [0.5, 0.6) is 0 Å². The van der Waals surface area contributed by atoms with Gasteiger partial charge in [-0.15, -0.1) is 0 Å². The second kappa shape index (κ2) is 6.54. The van der Waals surface area contributed by atoms with Crippen molar-refractivity contribution in [2.75, 3.05) is 11.5 Å². The maximum absolute atomic E-state index is 11.5. The third kappa shape index (κ3) is 4.02. The first-order chi connectivity index (χ1) is 9.93. The van der Waals surface area contributed by atoms with Crippen LogP contribution in [0.3, 0.4) is 0 Å². The summed E-state index contributed by atoms with van der Waals surface area (Å²) >= 11 is 0. The van der Waals surface area contributed by atoms with Crippen molar-refractivity contribution in [3.8, 4) is 0 Å². The first kappa shape index (κ1) is 15.9. The fourth-order valence-corrected chi connectivity index (χ4v) is 3.37. The van der Waals surface area contributed by atoms with Gasteiger partial charge < -0.3 is 5.73 Å². The van der Waals surface area contributed by atoms with Gasteiger partial charge in [0.1, 0.15) is 9.84 Å². The minimum Gasteiger partial charge on any atom is -0.324 e. The topological polar surface area (TPSA) is 73.0 Å². The van der Waals surface area contributed by atoms with Gasteiger partial charge in [0, 0.05) is 22.9 Å². The van der Waals surface area contributed by atoms with E-state index in [4.69, 9.17) is 5.73 Å². The fraction of sp³-hybridized carbons (Fsp3) is 0.438. The van der Waals surface area contributed by atoms with Gasteiger partial charge in [0.15, 0.2) is 0 Å². The quantitative estimate of drug-likeness (QED) is 0.890. The molecule has 0 bridgehead atoms. The predicted molar refractivity (Wildman–Crippen MR) is 87.0 cm³/mol. The van der Waals surface area contributed by atoms with Crippen molar-refractivity contribution in [2.24, 2.45) is 5.73 Å². The molecular formula is C16H22N2O2S. The predicted octanol–water partition coefficient (Wildman–Crippen LogP) is 2.76. The van der Waals surface area contributed by atoms with Crippen molar-refractivity contribution < 1.29 is 8.42 Å². The molecule has 114 valence electrons. The molecule has 2 rings (SSSR count). The number of aryl methyl sites for hydroxylation is 1. The molecular weight excluding hydrogens is 284 g/mol. The summed E-state index contributed by atoms with van der Waals surface area (Å²) in [5, 5.41) is 1.05. The number of nitrogens with zero attached hydrogens (tertiary/aromatic N) is 1. The Morgan fingerprint density at radius 1 is 1.29 bits per heavy atom. The highest BCUT2D eigenvalue weighted by atomic mass is 32.2. The lowest BCUT2D eigenvalue weighted by atomic mass is 9.98. The van der Waals surface area contributed by atoms with E-state index in [1.54, 1.807) is 6.92 Å². The average Bonchev–Trinajstić information content (AvgIpc) is 2.46. The van der Waals surface area contributed by atoms with Crippen LogP contribution in [0.1, 0.15) is 37.1 Å². The Hall–Kier alpha value is -1.46. The monoisotopic (exact) mass is 306 g/mol. The van der Waals surface area contributed by atoms with E-state index in [2.05, 4.69) is 4.98 Å². The molecule has 1 unspecified atom stereocenters. The molecule has 1 aromatic heterocycles. The van der Waals surface area contributed by atoms with Crippen LogP contribution in [-0.2, 0) is 9.84 Å². The molecule has 0 fully saturated rings. The summed E-state index contributed by atoms with van der Waals surface area (Å²) in [6, 6.07) is 9.75. The van der Waals surface area contributed by atoms with Crippen molar-refractivity contribution in [3.05, 3.63) is 41.6 Å². The van der Waals surface area contributed by atoms with Crippen LogP contribution in [0.25, 0.3) is 10.9 Å². The molecule has 0 saturated carbocycles. The molecule has 21 heavy (non-hydrogen) atoms. The molecule has 0 amide bonds. The average molecular weight is 306 g/mol. The second-order valence-electron chi connectivity index (χ2n) is 5.36. The summed E-state index contributed by atoms with van der Waals surface area (Å²) in [6.45, 7) is 3.62. The number of fused-ring (bicyclic) bond motifs is 1. The first-order valence-electron chi connectivity index (χ1n) is 7.25. The lowest BCUT2D eigenvalue weighted by Crippen LogP contribution is -2.15. The first-order valence-corrected chi connectivity index (χ1v) is 9.07.